The molecule has 4 unspecified atom stereocenters. The van der Waals surface area contributed by atoms with E-state index in [9.17, 15) is 0 Å². The molecule has 0 aromatic carbocycles. The fourth-order valence-electron chi connectivity index (χ4n) is 8.34. The van der Waals surface area contributed by atoms with Gasteiger partial charge in [-0.25, -0.2) is 0 Å². The Morgan fingerprint density at radius 1 is 0.358 bits per heavy atom. The second-order valence-corrected chi connectivity index (χ2v) is 17.5. The number of epoxide rings is 2. The molecule has 0 N–H and O–H groups in total. The van der Waals surface area contributed by atoms with Crippen LogP contribution in [0.3, 0.4) is 0 Å². The number of allylic oxidation sites excluding steroid dienone is 2. The molecule has 3 heteroatoms. The van der Waals surface area contributed by atoms with E-state index in [1.807, 2.05) is 0 Å². The monoisotopic (exact) mass is 743 g/mol. The first kappa shape index (κ1) is 48.5. The maximum absolute atomic E-state index is 6.56. The van der Waals surface area contributed by atoms with Crippen molar-refractivity contribution in [3.8, 4) is 0 Å². The smallest absolute Gasteiger partial charge is 0.136 e. The van der Waals surface area contributed by atoms with Gasteiger partial charge in [-0.1, -0.05) is 257 Å². The lowest BCUT2D eigenvalue weighted by Gasteiger charge is -2.14. The molecule has 2 rings (SSSR count). The van der Waals surface area contributed by atoms with Crippen molar-refractivity contribution in [1.82, 2.24) is 0 Å². The molecular formula is C50H94O3. The molecule has 0 saturated carbocycles. The van der Waals surface area contributed by atoms with Gasteiger partial charge < -0.3 is 14.2 Å². The normalized spacial score (nSPS) is 22.5. The third kappa shape index (κ3) is 24.6. The molecule has 0 radical (unpaired) electrons. The summed E-state index contributed by atoms with van der Waals surface area (Å²) in [6.07, 6.45) is 59.1. The van der Waals surface area contributed by atoms with Crippen LogP contribution in [0.1, 0.15) is 259 Å². The van der Waals surface area contributed by atoms with Crippen molar-refractivity contribution in [3.05, 3.63) is 24.3 Å². The predicted molar refractivity (Wildman–Crippen MR) is 233 cm³/mol. The van der Waals surface area contributed by atoms with Gasteiger partial charge in [0, 0.05) is 0 Å². The van der Waals surface area contributed by atoms with Crippen molar-refractivity contribution in [3.63, 3.8) is 0 Å². The first-order valence-electron chi connectivity index (χ1n) is 24.4. The number of unbranched alkanes of at least 4 members (excludes halogenated alkanes) is 30. The summed E-state index contributed by atoms with van der Waals surface area (Å²) in [5.74, 6) is 0. The third-order valence-electron chi connectivity index (χ3n) is 12.2. The highest BCUT2D eigenvalue weighted by Crippen LogP contribution is 2.45. The van der Waals surface area contributed by atoms with Crippen LogP contribution in [0.15, 0.2) is 24.3 Å². The summed E-state index contributed by atoms with van der Waals surface area (Å²) < 4.78 is 19.5. The molecule has 3 nitrogen and oxygen atoms in total. The van der Waals surface area contributed by atoms with Crippen LogP contribution < -0.4 is 0 Å². The molecule has 2 aliphatic heterocycles. The summed E-state index contributed by atoms with van der Waals surface area (Å²) in [4.78, 5) is 0. The molecular weight excluding hydrogens is 649 g/mol. The number of hydrogen-bond donors (Lipinski definition) is 0. The van der Waals surface area contributed by atoms with Crippen molar-refractivity contribution in [2.45, 2.75) is 282 Å². The van der Waals surface area contributed by atoms with Gasteiger partial charge in [-0.05, 0) is 25.7 Å². The van der Waals surface area contributed by atoms with Gasteiger partial charge in [-0.2, -0.15) is 0 Å². The van der Waals surface area contributed by atoms with E-state index in [2.05, 4.69) is 52.0 Å². The van der Waals surface area contributed by atoms with Gasteiger partial charge in [0.15, 0.2) is 0 Å². The summed E-state index contributed by atoms with van der Waals surface area (Å²) in [5, 5.41) is 0. The molecule has 0 aromatic heterocycles. The minimum Gasteiger partial charge on any atom is -0.375 e. The van der Waals surface area contributed by atoms with Gasteiger partial charge in [-0.3, -0.25) is 0 Å². The topological polar surface area (TPSA) is 34.3 Å². The average Bonchev–Trinajstić information content (AvgIpc) is 4.06. The van der Waals surface area contributed by atoms with Gasteiger partial charge in [-0.15, -0.1) is 0 Å². The molecule has 0 bridgehead atoms. The van der Waals surface area contributed by atoms with Gasteiger partial charge in [0.25, 0.3) is 0 Å². The summed E-state index contributed by atoms with van der Waals surface area (Å²) >= 11 is 0. The van der Waals surface area contributed by atoms with Crippen LogP contribution >= 0.6 is 0 Å². The number of rotatable bonds is 42. The van der Waals surface area contributed by atoms with Gasteiger partial charge in [0.1, 0.15) is 11.2 Å². The van der Waals surface area contributed by atoms with Crippen LogP contribution in [0.4, 0.5) is 0 Å². The van der Waals surface area contributed by atoms with Gasteiger partial charge in [0.2, 0.25) is 0 Å². The lowest BCUT2D eigenvalue weighted by Crippen LogP contribution is -2.27. The van der Waals surface area contributed by atoms with Crippen LogP contribution in [0.5, 0.6) is 0 Å². The fourth-order valence-corrected chi connectivity index (χ4v) is 8.34. The van der Waals surface area contributed by atoms with E-state index in [1.54, 1.807) is 0 Å². The molecule has 0 aromatic rings. The summed E-state index contributed by atoms with van der Waals surface area (Å²) in [6, 6.07) is 0. The van der Waals surface area contributed by atoms with Crippen molar-refractivity contribution >= 4 is 0 Å². The first-order valence-corrected chi connectivity index (χ1v) is 24.4. The quantitative estimate of drug-likeness (QED) is 0.0355. The van der Waals surface area contributed by atoms with Crippen molar-refractivity contribution in [2.24, 2.45) is 0 Å². The highest BCUT2D eigenvalue weighted by Gasteiger charge is 2.57. The van der Waals surface area contributed by atoms with Crippen LogP contribution in [0.25, 0.3) is 0 Å². The van der Waals surface area contributed by atoms with E-state index in [1.165, 1.54) is 218 Å². The minimum atomic E-state index is -0.212. The SMILES string of the molecule is CCCC/C=C/C1(COCC2(/C=C/CCCC)OC2CCCCCCCCCCCCCCCC)OC1CCCCCCCCCCCCCCCC. The second-order valence-electron chi connectivity index (χ2n) is 17.5. The maximum atomic E-state index is 6.56. The zero-order chi connectivity index (χ0) is 38.0. The Bertz CT molecular complexity index is 784. The van der Waals surface area contributed by atoms with E-state index in [0.717, 1.165) is 12.8 Å². The largest absolute Gasteiger partial charge is 0.375 e. The number of hydrogen-bond acceptors (Lipinski definition) is 3. The van der Waals surface area contributed by atoms with E-state index < -0.39 is 0 Å². The Labute approximate surface area is 333 Å². The molecule has 2 fully saturated rings. The Hall–Kier alpha value is -0.640. The van der Waals surface area contributed by atoms with Gasteiger partial charge >= 0.3 is 0 Å². The first-order chi connectivity index (χ1) is 26.2. The lowest BCUT2D eigenvalue weighted by atomic mass is 9.98. The summed E-state index contributed by atoms with van der Waals surface area (Å²) in [6.45, 7) is 10.5. The number of ether oxygens (including phenoxy) is 3. The maximum Gasteiger partial charge on any atom is 0.136 e. The summed E-state index contributed by atoms with van der Waals surface area (Å²) in [5.41, 5.74) is -0.424. The zero-order valence-electron chi connectivity index (χ0n) is 36.6. The van der Waals surface area contributed by atoms with Crippen molar-refractivity contribution < 1.29 is 14.2 Å². The van der Waals surface area contributed by atoms with E-state index in [-0.39, 0.29) is 11.2 Å². The second kappa shape index (κ2) is 33.5. The molecule has 0 aliphatic carbocycles. The summed E-state index contributed by atoms with van der Waals surface area (Å²) in [7, 11) is 0. The molecule has 53 heavy (non-hydrogen) atoms. The van der Waals surface area contributed by atoms with Crippen LogP contribution in [0, 0.1) is 0 Å². The van der Waals surface area contributed by atoms with Crippen LogP contribution in [-0.4, -0.2) is 36.6 Å². The molecule has 2 heterocycles. The van der Waals surface area contributed by atoms with Gasteiger partial charge in [0.05, 0.1) is 25.4 Å². The Morgan fingerprint density at radius 2 is 0.623 bits per heavy atom. The highest BCUT2D eigenvalue weighted by molar-refractivity contribution is 5.19. The van der Waals surface area contributed by atoms with E-state index in [0.29, 0.717) is 25.4 Å². The molecule has 2 saturated heterocycles. The molecule has 0 amide bonds. The standard InChI is InChI=1S/C50H94O3/c1-5-9-13-17-19-21-23-25-27-29-31-33-35-37-41-47-49(52-47,43-39-15-11-7-3)45-51-46-50(44-40-16-12-8-4)48(53-50)42-38-36-34-32-30-28-26-24-22-20-18-14-10-6-2/h39-40,43-44,47-48H,5-38,41-42,45-46H2,1-4H3/b43-39+,44-40+. The van der Waals surface area contributed by atoms with Crippen molar-refractivity contribution in [1.29, 1.82) is 0 Å². The minimum absolute atomic E-state index is 0.212. The lowest BCUT2D eigenvalue weighted by molar-refractivity contribution is 0.0664. The van der Waals surface area contributed by atoms with E-state index in [4.69, 9.17) is 14.2 Å². The van der Waals surface area contributed by atoms with Crippen LogP contribution in [0.2, 0.25) is 0 Å². The van der Waals surface area contributed by atoms with Crippen molar-refractivity contribution in [2.75, 3.05) is 13.2 Å². The third-order valence-corrected chi connectivity index (χ3v) is 12.2. The Kier molecular flexibility index (Phi) is 30.7. The molecule has 4 atom stereocenters. The Morgan fingerprint density at radius 3 is 0.906 bits per heavy atom. The van der Waals surface area contributed by atoms with E-state index >= 15 is 0 Å². The highest BCUT2D eigenvalue weighted by atomic mass is 16.7. The molecule has 0 spiro atoms. The predicted octanol–water partition coefficient (Wildman–Crippen LogP) is 16.5. The average molecular weight is 743 g/mol. The Balaban J connectivity index is 1.63. The molecule has 2 aliphatic rings. The zero-order valence-corrected chi connectivity index (χ0v) is 36.6. The fraction of sp³-hybridized carbons (Fsp3) is 0.920. The van der Waals surface area contributed by atoms with Crippen LogP contribution in [-0.2, 0) is 14.2 Å². The molecule has 312 valence electrons.